The van der Waals surface area contributed by atoms with E-state index in [2.05, 4.69) is 5.32 Å². The molecule has 1 N–H and O–H groups in total. The Balaban J connectivity index is 4.62. The Hall–Kier alpha value is 0.1000. The van der Waals surface area contributed by atoms with Crippen LogP contribution in [0.5, 0.6) is 0 Å². The third kappa shape index (κ3) is 5.43. The normalized spacial score (nSPS) is 13.7. The summed E-state index contributed by atoms with van der Waals surface area (Å²) in [6.45, 7) is 7.13. The average Bonchev–Trinajstić information content (AvgIpc) is 2.17. The molecule has 0 aromatic heterocycles. The number of halogens is 3. The van der Waals surface area contributed by atoms with Crippen LogP contribution in [0.4, 0.5) is 4.79 Å². The van der Waals surface area contributed by atoms with Crippen molar-refractivity contribution in [1.82, 2.24) is 10.2 Å². The first-order chi connectivity index (χ1) is 7.36. The maximum Gasteiger partial charge on any atom is 0.408 e. The van der Waals surface area contributed by atoms with Crippen LogP contribution in [0.15, 0.2) is 0 Å². The van der Waals surface area contributed by atoms with E-state index in [4.69, 9.17) is 39.5 Å². The summed E-state index contributed by atoms with van der Waals surface area (Å²) in [5.41, 5.74) is 0. The Kier molecular flexibility index (Phi) is 7.48. The smallest absolute Gasteiger partial charge is 0.408 e. The van der Waals surface area contributed by atoms with E-state index in [9.17, 15) is 4.79 Å². The molecule has 1 atom stereocenters. The van der Waals surface area contributed by atoms with Crippen LogP contribution in [-0.4, -0.2) is 40.6 Å². The average molecular weight is 292 g/mol. The number of hydrogen-bond donors (Lipinski definition) is 1. The Bertz CT molecular complexity index is 217. The summed E-state index contributed by atoms with van der Waals surface area (Å²) in [7, 11) is 0. The number of nitrogens with one attached hydrogen (secondary N) is 1. The fraction of sp³-hybridized carbons (Fsp3) is 0.889. The van der Waals surface area contributed by atoms with E-state index in [1.165, 1.54) is 0 Å². The molecule has 0 saturated heterocycles. The molecular weight excluding hydrogens is 274 g/mol. The quantitative estimate of drug-likeness (QED) is 0.625. The van der Waals surface area contributed by atoms with Gasteiger partial charge in [-0.25, -0.2) is 4.79 Å². The van der Waals surface area contributed by atoms with Crippen molar-refractivity contribution in [2.75, 3.05) is 19.7 Å². The van der Waals surface area contributed by atoms with Gasteiger partial charge in [-0.15, -0.1) is 0 Å². The van der Waals surface area contributed by atoms with E-state index in [0.717, 1.165) is 0 Å². The van der Waals surface area contributed by atoms with Gasteiger partial charge in [-0.05, 0) is 20.0 Å². The molecule has 16 heavy (non-hydrogen) atoms. The number of ether oxygens (including phenoxy) is 1. The highest BCUT2D eigenvalue weighted by molar-refractivity contribution is 6.68. The molecule has 0 radical (unpaired) electrons. The fourth-order valence-electron chi connectivity index (χ4n) is 1.25. The van der Waals surface area contributed by atoms with Gasteiger partial charge in [-0.2, -0.15) is 0 Å². The number of nitrogens with zero attached hydrogens (tertiary/aromatic N) is 1. The minimum absolute atomic E-state index is 0.274. The first kappa shape index (κ1) is 16.1. The molecule has 4 nitrogen and oxygen atoms in total. The lowest BCUT2D eigenvalue weighted by molar-refractivity contribution is 0.123. The van der Waals surface area contributed by atoms with Gasteiger partial charge in [0.05, 0.1) is 6.61 Å². The molecule has 0 heterocycles. The maximum absolute atomic E-state index is 11.3. The molecule has 0 spiro atoms. The molecule has 0 aliphatic carbocycles. The fourth-order valence-corrected chi connectivity index (χ4v) is 1.83. The van der Waals surface area contributed by atoms with Crippen LogP contribution in [0.3, 0.4) is 0 Å². The zero-order chi connectivity index (χ0) is 12.8. The second kappa shape index (κ2) is 7.43. The SMILES string of the molecule is CCOC(=O)N[C@@H](N(CC)CC)C(Cl)(Cl)Cl. The van der Waals surface area contributed by atoms with Crippen molar-refractivity contribution >= 4 is 40.9 Å². The predicted octanol–water partition coefficient (Wildman–Crippen LogP) is 2.77. The van der Waals surface area contributed by atoms with Crippen LogP contribution in [0.2, 0.25) is 0 Å². The summed E-state index contributed by atoms with van der Waals surface area (Å²) >= 11 is 17.4. The first-order valence-corrected chi connectivity index (χ1v) is 6.24. The van der Waals surface area contributed by atoms with Gasteiger partial charge >= 0.3 is 6.09 Å². The van der Waals surface area contributed by atoms with Gasteiger partial charge in [0, 0.05) is 0 Å². The summed E-state index contributed by atoms with van der Waals surface area (Å²) in [6.07, 6.45) is -1.29. The van der Waals surface area contributed by atoms with E-state index < -0.39 is 16.1 Å². The summed E-state index contributed by atoms with van der Waals surface area (Å²) in [5.74, 6) is 0. The minimum Gasteiger partial charge on any atom is -0.450 e. The molecule has 0 saturated carbocycles. The molecule has 0 aromatic carbocycles. The Morgan fingerprint density at radius 2 is 1.81 bits per heavy atom. The number of amides is 1. The van der Waals surface area contributed by atoms with E-state index >= 15 is 0 Å². The molecule has 0 aliphatic heterocycles. The van der Waals surface area contributed by atoms with Crippen molar-refractivity contribution < 1.29 is 9.53 Å². The number of rotatable bonds is 5. The second-order valence-corrected chi connectivity index (χ2v) is 5.40. The van der Waals surface area contributed by atoms with Gasteiger partial charge in [0.15, 0.2) is 0 Å². The minimum atomic E-state index is -1.60. The zero-order valence-electron chi connectivity index (χ0n) is 9.60. The molecule has 0 bridgehead atoms. The molecule has 0 fully saturated rings. The van der Waals surface area contributed by atoms with Gasteiger partial charge in [0.2, 0.25) is 3.79 Å². The number of carbonyl (C=O) groups excluding carboxylic acids is 1. The van der Waals surface area contributed by atoms with Crippen molar-refractivity contribution in [2.24, 2.45) is 0 Å². The Labute approximate surface area is 111 Å². The van der Waals surface area contributed by atoms with E-state index in [1.807, 2.05) is 18.7 Å². The number of carbonyl (C=O) groups is 1. The lowest BCUT2D eigenvalue weighted by atomic mass is 10.4. The predicted molar refractivity (Wildman–Crippen MR) is 67.2 cm³/mol. The molecule has 1 amide bonds. The van der Waals surface area contributed by atoms with E-state index in [1.54, 1.807) is 6.92 Å². The van der Waals surface area contributed by atoms with Crippen LogP contribution in [0.1, 0.15) is 20.8 Å². The van der Waals surface area contributed by atoms with Gasteiger partial charge in [-0.1, -0.05) is 48.7 Å². The van der Waals surface area contributed by atoms with Crippen LogP contribution >= 0.6 is 34.8 Å². The van der Waals surface area contributed by atoms with Gasteiger partial charge in [-0.3, -0.25) is 4.90 Å². The monoisotopic (exact) mass is 290 g/mol. The van der Waals surface area contributed by atoms with Crippen LogP contribution < -0.4 is 5.32 Å². The highest BCUT2D eigenvalue weighted by Crippen LogP contribution is 2.32. The van der Waals surface area contributed by atoms with Crippen LogP contribution in [0.25, 0.3) is 0 Å². The van der Waals surface area contributed by atoms with Crippen LogP contribution in [-0.2, 0) is 4.74 Å². The molecule has 0 unspecified atom stereocenters. The molecule has 0 aliphatic rings. The van der Waals surface area contributed by atoms with Crippen molar-refractivity contribution in [2.45, 2.75) is 30.7 Å². The molecule has 0 aromatic rings. The van der Waals surface area contributed by atoms with E-state index in [-0.39, 0.29) is 6.61 Å². The van der Waals surface area contributed by atoms with Gasteiger partial charge in [0.1, 0.15) is 6.17 Å². The molecular formula is C9H17Cl3N2O2. The Morgan fingerprint density at radius 3 is 2.12 bits per heavy atom. The van der Waals surface area contributed by atoms with Gasteiger partial charge < -0.3 is 10.1 Å². The van der Waals surface area contributed by atoms with Crippen molar-refractivity contribution in [1.29, 1.82) is 0 Å². The molecule has 0 rings (SSSR count). The second-order valence-electron chi connectivity index (χ2n) is 3.03. The van der Waals surface area contributed by atoms with Crippen LogP contribution in [0, 0.1) is 0 Å². The summed E-state index contributed by atoms with van der Waals surface area (Å²) in [5, 5.41) is 2.53. The highest BCUT2D eigenvalue weighted by Gasteiger charge is 2.37. The van der Waals surface area contributed by atoms with E-state index in [0.29, 0.717) is 13.1 Å². The summed E-state index contributed by atoms with van der Waals surface area (Å²) in [6, 6.07) is 0. The lowest BCUT2D eigenvalue weighted by Crippen LogP contribution is -2.55. The third-order valence-corrected chi connectivity index (χ3v) is 2.64. The standard InChI is InChI=1S/C9H17Cl3N2O2/c1-4-14(5-2)7(9(10,11)12)13-8(15)16-6-3/h7H,4-6H2,1-3H3,(H,13,15)/t7-/m0/s1. The topological polar surface area (TPSA) is 41.6 Å². The zero-order valence-corrected chi connectivity index (χ0v) is 11.9. The van der Waals surface area contributed by atoms with Crippen molar-refractivity contribution in [3.8, 4) is 0 Å². The third-order valence-electron chi connectivity index (χ3n) is 2.02. The number of hydrogen-bond acceptors (Lipinski definition) is 3. The summed E-state index contributed by atoms with van der Waals surface area (Å²) < 4.78 is 3.16. The highest BCUT2D eigenvalue weighted by atomic mass is 35.6. The molecule has 96 valence electrons. The van der Waals surface area contributed by atoms with Crippen molar-refractivity contribution in [3.05, 3.63) is 0 Å². The lowest BCUT2D eigenvalue weighted by Gasteiger charge is -2.34. The number of alkyl carbamates (subject to hydrolysis) is 1. The van der Waals surface area contributed by atoms with Gasteiger partial charge in [0.25, 0.3) is 0 Å². The largest absolute Gasteiger partial charge is 0.450 e. The number of alkyl halides is 3. The van der Waals surface area contributed by atoms with Crippen molar-refractivity contribution in [3.63, 3.8) is 0 Å². The molecule has 7 heteroatoms. The maximum atomic E-state index is 11.3. The first-order valence-electron chi connectivity index (χ1n) is 5.10. The summed E-state index contributed by atoms with van der Waals surface area (Å²) in [4.78, 5) is 13.1. The Morgan fingerprint density at radius 1 is 1.31 bits per heavy atom.